The van der Waals surface area contributed by atoms with E-state index in [9.17, 15) is 4.79 Å². The van der Waals surface area contributed by atoms with E-state index in [0.717, 1.165) is 41.1 Å². The van der Waals surface area contributed by atoms with Gasteiger partial charge in [0, 0.05) is 17.6 Å². The van der Waals surface area contributed by atoms with Gasteiger partial charge < -0.3 is 9.73 Å². The number of carbonyl (C=O) groups is 1. The number of hydrogen-bond acceptors (Lipinski definition) is 6. The molecule has 2 saturated carbocycles. The Kier molecular flexibility index (Phi) is 5.63. The maximum absolute atomic E-state index is 12.6. The van der Waals surface area contributed by atoms with Gasteiger partial charge in [0.2, 0.25) is 5.01 Å². The molecule has 6 nitrogen and oxygen atoms in total. The Morgan fingerprint density at radius 1 is 1.16 bits per heavy atom. The monoisotopic (exact) mass is 436 g/mol. The first kappa shape index (κ1) is 20.4. The second-order valence-electron chi connectivity index (χ2n) is 8.77. The van der Waals surface area contributed by atoms with Crippen molar-refractivity contribution in [3.8, 4) is 0 Å². The molecular weight excluding hydrogens is 408 g/mol. The molecule has 0 saturated heterocycles. The molecular formula is C24H28N4O2S. The maximum Gasteiger partial charge on any atom is 0.286 e. The minimum atomic E-state index is -0.208. The van der Waals surface area contributed by atoms with Gasteiger partial charge in [0.15, 0.2) is 0 Å². The van der Waals surface area contributed by atoms with E-state index in [4.69, 9.17) is 4.42 Å². The number of anilines is 1. The summed E-state index contributed by atoms with van der Waals surface area (Å²) < 4.78 is 6.11. The van der Waals surface area contributed by atoms with Crippen LogP contribution in [-0.4, -0.2) is 27.0 Å². The van der Waals surface area contributed by atoms with Crippen LogP contribution in [0.5, 0.6) is 0 Å². The van der Waals surface area contributed by atoms with E-state index in [-0.39, 0.29) is 5.91 Å². The number of rotatable bonds is 9. The van der Waals surface area contributed by atoms with E-state index in [2.05, 4.69) is 46.4 Å². The summed E-state index contributed by atoms with van der Waals surface area (Å²) in [6, 6.07) is 12.7. The summed E-state index contributed by atoms with van der Waals surface area (Å²) in [6.07, 6.45) is 4.61. The summed E-state index contributed by atoms with van der Waals surface area (Å²) in [5, 5.41) is 12.6. The van der Waals surface area contributed by atoms with Gasteiger partial charge in [-0.3, -0.25) is 9.69 Å². The number of carbonyl (C=O) groups excluding carboxylic acids is 1. The van der Waals surface area contributed by atoms with Crippen LogP contribution in [0, 0.1) is 5.92 Å². The SMILES string of the molecule is CCc1ccc(NC(=O)c2nnc(CN(Cc3ccc(C4CC4C)o3)C3CC3)s2)cc1. The van der Waals surface area contributed by atoms with Gasteiger partial charge in [-0.25, -0.2) is 0 Å². The summed E-state index contributed by atoms with van der Waals surface area (Å²) in [5.41, 5.74) is 2.02. The van der Waals surface area contributed by atoms with Gasteiger partial charge in [-0.1, -0.05) is 37.3 Å². The second-order valence-corrected chi connectivity index (χ2v) is 9.83. The van der Waals surface area contributed by atoms with E-state index < -0.39 is 0 Å². The summed E-state index contributed by atoms with van der Waals surface area (Å²) >= 11 is 1.37. The van der Waals surface area contributed by atoms with Crippen LogP contribution >= 0.6 is 11.3 Å². The van der Waals surface area contributed by atoms with Crippen LogP contribution in [0.3, 0.4) is 0 Å². The maximum atomic E-state index is 12.6. The Bertz CT molecular complexity index is 1050. The van der Waals surface area contributed by atoms with Crippen molar-refractivity contribution in [1.82, 2.24) is 15.1 Å². The molecule has 2 aliphatic rings. The summed E-state index contributed by atoms with van der Waals surface area (Å²) in [4.78, 5) is 15.0. The van der Waals surface area contributed by atoms with Crippen LogP contribution in [0.1, 0.15) is 70.9 Å². The first-order chi connectivity index (χ1) is 15.1. The summed E-state index contributed by atoms with van der Waals surface area (Å²) in [6.45, 7) is 5.85. The fourth-order valence-electron chi connectivity index (χ4n) is 3.94. The topological polar surface area (TPSA) is 71.3 Å². The van der Waals surface area contributed by atoms with E-state index in [1.807, 2.05) is 24.3 Å². The third-order valence-corrected chi connectivity index (χ3v) is 7.11. The number of nitrogens with zero attached hydrogens (tertiary/aromatic N) is 3. The molecule has 0 spiro atoms. The van der Waals surface area contributed by atoms with Gasteiger partial charge in [0.25, 0.3) is 5.91 Å². The highest BCUT2D eigenvalue weighted by atomic mass is 32.1. The van der Waals surface area contributed by atoms with Crippen LogP contribution in [0.25, 0.3) is 0 Å². The van der Waals surface area contributed by atoms with Gasteiger partial charge in [0.05, 0.1) is 13.1 Å². The Balaban J connectivity index is 1.20. The zero-order valence-corrected chi connectivity index (χ0v) is 18.8. The van der Waals surface area contributed by atoms with E-state index in [0.29, 0.717) is 23.5 Å². The van der Waals surface area contributed by atoms with E-state index >= 15 is 0 Å². The molecule has 2 unspecified atom stereocenters. The zero-order valence-electron chi connectivity index (χ0n) is 18.0. The van der Waals surface area contributed by atoms with Gasteiger partial charge >= 0.3 is 0 Å². The Morgan fingerprint density at radius 2 is 1.94 bits per heavy atom. The number of furan rings is 1. The third-order valence-electron chi connectivity index (χ3n) is 6.20. The Morgan fingerprint density at radius 3 is 2.61 bits per heavy atom. The standard InChI is InChI=1S/C24H28N4O2S/c1-3-16-4-6-17(7-5-16)25-23(29)24-27-26-22(31-24)14-28(18-8-9-18)13-19-10-11-21(30-19)20-12-15(20)2/h4-7,10-11,15,18,20H,3,8-9,12-14H2,1-2H3,(H,25,29). The molecule has 1 amide bonds. The highest BCUT2D eigenvalue weighted by Crippen LogP contribution is 2.47. The van der Waals surface area contributed by atoms with Crippen LogP contribution < -0.4 is 5.32 Å². The average Bonchev–Trinajstić information content (AvgIpc) is 3.65. The van der Waals surface area contributed by atoms with Crippen molar-refractivity contribution in [3.05, 3.63) is 63.5 Å². The first-order valence-corrected chi connectivity index (χ1v) is 12.0. The molecule has 162 valence electrons. The van der Waals surface area contributed by atoms with Crippen molar-refractivity contribution in [2.75, 3.05) is 5.32 Å². The van der Waals surface area contributed by atoms with Crippen LogP contribution in [0.15, 0.2) is 40.8 Å². The molecule has 0 radical (unpaired) electrons. The number of aryl methyl sites for hydroxylation is 1. The Labute approximate surface area is 186 Å². The van der Waals surface area contributed by atoms with Gasteiger partial charge in [-0.05, 0) is 61.4 Å². The highest BCUT2D eigenvalue weighted by molar-refractivity contribution is 7.13. The van der Waals surface area contributed by atoms with Gasteiger partial charge in [0.1, 0.15) is 16.5 Å². The molecule has 0 aliphatic heterocycles. The molecule has 2 aromatic heterocycles. The second kappa shape index (κ2) is 8.55. The van der Waals surface area contributed by atoms with Crippen molar-refractivity contribution in [2.45, 2.75) is 64.6 Å². The van der Waals surface area contributed by atoms with Crippen LogP contribution in [0.4, 0.5) is 5.69 Å². The molecule has 1 N–H and O–H groups in total. The third kappa shape index (κ3) is 4.88. The molecule has 1 aromatic carbocycles. The zero-order chi connectivity index (χ0) is 21.4. The number of benzene rings is 1. The minimum absolute atomic E-state index is 0.208. The van der Waals surface area contributed by atoms with Gasteiger partial charge in [-0.2, -0.15) is 0 Å². The van der Waals surface area contributed by atoms with Crippen LogP contribution in [-0.2, 0) is 19.5 Å². The largest absolute Gasteiger partial charge is 0.464 e. The molecule has 7 heteroatoms. The number of amides is 1. The lowest BCUT2D eigenvalue weighted by Crippen LogP contribution is -2.24. The highest BCUT2D eigenvalue weighted by Gasteiger charge is 2.37. The van der Waals surface area contributed by atoms with E-state index in [1.54, 1.807) is 0 Å². The van der Waals surface area contributed by atoms with E-state index in [1.165, 1.54) is 36.2 Å². The van der Waals surface area contributed by atoms with Crippen molar-refractivity contribution in [1.29, 1.82) is 0 Å². The lowest BCUT2D eigenvalue weighted by Gasteiger charge is -2.18. The quantitative estimate of drug-likeness (QED) is 0.497. The molecule has 2 atom stereocenters. The molecule has 2 heterocycles. The van der Waals surface area contributed by atoms with Crippen molar-refractivity contribution >= 4 is 22.9 Å². The number of nitrogens with one attached hydrogen (secondary N) is 1. The fraction of sp³-hybridized carbons (Fsp3) is 0.458. The normalized spacial score (nSPS) is 20.2. The van der Waals surface area contributed by atoms with Crippen molar-refractivity contribution in [3.63, 3.8) is 0 Å². The minimum Gasteiger partial charge on any atom is -0.464 e. The predicted octanol–water partition coefficient (Wildman–Crippen LogP) is 5.23. The van der Waals surface area contributed by atoms with Crippen LogP contribution in [0.2, 0.25) is 0 Å². The molecule has 31 heavy (non-hydrogen) atoms. The Hall–Kier alpha value is -2.51. The molecule has 5 rings (SSSR count). The van der Waals surface area contributed by atoms with Gasteiger partial charge in [-0.15, -0.1) is 10.2 Å². The smallest absolute Gasteiger partial charge is 0.286 e. The predicted molar refractivity (Wildman–Crippen MR) is 121 cm³/mol. The summed E-state index contributed by atoms with van der Waals surface area (Å²) in [7, 11) is 0. The number of hydrogen-bond donors (Lipinski definition) is 1. The molecule has 2 aliphatic carbocycles. The summed E-state index contributed by atoms with van der Waals surface area (Å²) in [5.74, 6) is 3.28. The molecule has 0 bridgehead atoms. The molecule has 3 aromatic rings. The molecule has 2 fully saturated rings. The average molecular weight is 437 g/mol. The fourth-order valence-corrected chi connectivity index (χ4v) is 4.70. The lowest BCUT2D eigenvalue weighted by atomic mass is 10.1. The van der Waals surface area contributed by atoms with Crippen molar-refractivity contribution in [2.24, 2.45) is 5.92 Å². The lowest BCUT2D eigenvalue weighted by molar-refractivity contribution is 0.102. The number of aromatic nitrogens is 2. The van der Waals surface area contributed by atoms with Crippen molar-refractivity contribution < 1.29 is 9.21 Å². The first-order valence-electron chi connectivity index (χ1n) is 11.1.